The fraction of sp³-hybridized carbons (Fsp3) is 0.600. The van der Waals surface area contributed by atoms with Crippen molar-refractivity contribution < 1.29 is 9.59 Å². The molecule has 0 heterocycles. The molecule has 0 saturated carbocycles. The number of aryl methyl sites for hydroxylation is 1. The number of Topliss-reactive ketones (excluding diaryl/α,β-unsaturated/α-hetero) is 1. The molecule has 1 rings (SSSR count). The monoisotopic (exact) mass is 319 g/mol. The van der Waals surface area contributed by atoms with Crippen LogP contribution in [0.5, 0.6) is 0 Å². The maximum atomic E-state index is 11.9. The van der Waals surface area contributed by atoms with Gasteiger partial charge in [-0.3, -0.25) is 9.59 Å². The lowest BCUT2D eigenvalue weighted by Crippen LogP contribution is -2.40. The lowest BCUT2D eigenvalue weighted by molar-refractivity contribution is -0.127. The summed E-state index contributed by atoms with van der Waals surface area (Å²) in [5.41, 5.74) is 1.24. The molecular weight excluding hydrogens is 286 g/mol. The van der Waals surface area contributed by atoms with Gasteiger partial charge in [0.2, 0.25) is 5.91 Å². The lowest BCUT2D eigenvalue weighted by atomic mass is 10.0. The first-order valence-electron chi connectivity index (χ1n) is 8.74. The van der Waals surface area contributed by atoms with Crippen molar-refractivity contribution >= 4 is 11.7 Å². The van der Waals surface area contributed by atoms with Crippen LogP contribution in [-0.4, -0.2) is 17.7 Å². The largest absolute Gasteiger partial charge is 0.346 e. The SMILES string of the molecule is CC(=O)C(CC(C)C)NC(=O)CCCc1ccccc1.CCC. The molecule has 0 fully saturated rings. The van der Waals surface area contributed by atoms with E-state index >= 15 is 0 Å². The van der Waals surface area contributed by atoms with Crippen molar-refractivity contribution in [2.45, 2.75) is 72.8 Å². The van der Waals surface area contributed by atoms with Crippen molar-refractivity contribution in [1.82, 2.24) is 5.32 Å². The number of rotatable bonds is 8. The number of amides is 1. The second-order valence-electron chi connectivity index (χ2n) is 6.41. The first-order chi connectivity index (χ1) is 10.9. The van der Waals surface area contributed by atoms with Crippen LogP contribution >= 0.6 is 0 Å². The number of nitrogens with one attached hydrogen (secondary N) is 1. The third kappa shape index (κ3) is 11.6. The zero-order chi connectivity index (χ0) is 17.7. The number of hydrogen-bond acceptors (Lipinski definition) is 2. The summed E-state index contributed by atoms with van der Waals surface area (Å²) in [6.45, 7) is 9.90. The standard InChI is InChI=1S/C17H25NO2.C3H8/c1-13(2)12-16(14(3)19)18-17(20)11-7-10-15-8-5-4-6-9-15;1-3-2/h4-6,8-9,13,16H,7,10-12H2,1-3H3,(H,18,20);3H2,1-2H3. The summed E-state index contributed by atoms with van der Waals surface area (Å²) >= 11 is 0. The van der Waals surface area contributed by atoms with E-state index in [-0.39, 0.29) is 17.7 Å². The predicted octanol–water partition coefficient (Wildman–Crippen LogP) is 4.55. The number of carbonyl (C=O) groups excluding carboxylic acids is 2. The van der Waals surface area contributed by atoms with Gasteiger partial charge in [0, 0.05) is 6.42 Å². The van der Waals surface area contributed by atoms with E-state index in [1.807, 2.05) is 18.2 Å². The highest BCUT2D eigenvalue weighted by molar-refractivity contribution is 5.87. The summed E-state index contributed by atoms with van der Waals surface area (Å²) in [6, 6.07) is 9.79. The van der Waals surface area contributed by atoms with Crippen molar-refractivity contribution in [3.8, 4) is 0 Å². The topological polar surface area (TPSA) is 46.2 Å². The molecule has 1 aromatic carbocycles. The van der Waals surface area contributed by atoms with Gasteiger partial charge in [0.15, 0.2) is 5.78 Å². The van der Waals surface area contributed by atoms with E-state index in [0.29, 0.717) is 18.8 Å². The van der Waals surface area contributed by atoms with Gasteiger partial charge in [-0.25, -0.2) is 0 Å². The van der Waals surface area contributed by atoms with Crippen LogP contribution in [0, 0.1) is 5.92 Å². The molecule has 1 unspecified atom stereocenters. The highest BCUT2D eigenvalue weighted by Gasteiger charge is 2.17. The Morgan fingerprint density at radius 3 is 2.13 bits per heavy atom. The highest BCUT2D eigenvalue weighted by Crippen LogP contribution is 2.08. The third-order valence-electron chi connectivity index (χ3n) is 3.25. The van der Waals surface area contributed by atoms with Gasteiger partial charge >= 0.3 is 0 Å². The first-order valence-corrected chi connectivity index (χ1v) is 8.74. The minimum Gasteiger partial charge on any atom is -0.346 e. The molecule has 0 aliphatic rings. The van der Waals surface area contributed by atoms with Gasteiger partial charge in [-0.05, 0) is 37.7 Å². The Bertz CT molecular complexity index is 440. The smallest absolute Gasteiger partial charge is 0.220 e. The van der Waals surface area contributed by atoms with E-state index < -0.39 is 0 Å². The van der Waals surface area contributed by atoms with Crippen LogP contribution in [0.15, 0.2) is 30.3 Å². The normalized spacial score (nSPS) is 11.4. The summed E-state index contributed by atoms with van der Waals surface area (Å²) in [6.07, 6.45) is 4.13. The third-order valence-corrected chi connectivity index (χ3v) is 3.25. The van der Waals surface area contributed by atoms with Crippen molar-refractivity contribution in [1.29, 1.82) is 0 Å². The zero-order valence-corrected chi connectivity index (χ0v) is 15.4. The molecule has 0 aliphatic carbocycles. The molecule has 1 amide bonds. The molecule has 23 heavy (non-hydrogen) atoms. The molecule has 0 bridgehead atoms. The van der Waals surface area contributed by atoms with Gasteiger partial charge in [0.05, 0.1) is 6.04 Å². The Labute approximate surface area is 141 Å². The average molecular weight is 319 g/mol. The van der Waals surface area contributed by atoms with E-state index in [4.69, 9.17) is 0 Å². The van der Waals surface area contributed by atoms with Crippen molar-refractivity contribution in [3.05, 3.63) is 35.9 Å². The van der Waals surface area contributed by atoms with Crippen molar-refractivity contribution in [2.24, 2.45) is 5.92 Å². The number of hydrogen-bond donors (Lipinski definition) is 1. The summed E-state index contributed by atoms with van der Waals surface area (Å²) in [4.78, 5) is 23.4. The molecule has 0 spiro atoms. The Balaban J connectivity index is 0.00000149. The summed E-state index contributed by atoms with van der Waals surface area (Å²) in [5, 5.41) is 2.85. The Hall–Kier alpha value is -1.64. The van der Waals surface area contributed by atoms with Crippen LogP contribution in [0.25, 0.3) is 0 Å². The van der Waals surface area contributed by atoms with Crippen LogP contribution in [0.2, 0.25) is 0 Å². The number of carbonyl (C=O) groups is 2. The molecule has 3 nitrogen and oxygen atoms in total. The van der Waals surface area contributed by atoms with E-state index in [9.17, 15) is 9.59 Å². The minimum absolute atomic E-state index is 0.0261. The Kier molecular flexibility index (Phi) is 11.9. The van der Waals surface area contributed by atoms with E-state index in [1.54, 1.807) is 0 Å². The predicted molar refractivity (Wildman–Crippen MR) is 97.4 cm³/mol. The second kappa shape index (κ2) is 12.9. The highest BCUT2D eigenvalue weighted by atomic mass is 16.2. The molecule has 3 heteroatoms. The molecule has 0 saturated heterocycles. The van der Waals surface area contributed by atoms with E-state index in [2.05, 4.69) is 45.1 Å². The molecule has 1 N–H and O–H groups in total. The maximum Gasteiger partial charge on any atom is 0.220 e. The van der Waals surface area contributed by atoms with Gasteiger partial charge in [0.1, 0.15) is 0 Å². The van der Waals surface area contributed by atoms with Crippen LogP contribution < -0.4 is 5.32 Å². The second-order valence-corrected chi connectivity index (χ2v) is 6.41. The zero-order valence-electron chi connectivity index (χ0n) is 15.4. The van der Waals surface area contributed by atoms with Crippen molar-refractivity contribution in [2.75, 3.05) is 0 Å². The minimum atomic E-state index is -0.334. The van der Waals surface area contributed by atoms with Gasteiger partial charge in [-0.2, -0.15) is 0 Å². The Morgan fingerprint density at radius 2 is 1.65 bits per heavy atom. The van der Waals surface area contributed by atoms with Crippen LogP contribution in [0.4, 0.5) is 0 Å². The quantitative estimate of drug-likeness (QED) is 0.764. The van der Waals surface area contributed by atoms with Crippen LogP contribution in [0.3, 0.4) is 0 Å². The Morgan fingerprint density at radius 1 is 1.09 bits per heavy atom. The molecule has 130 valence electrons. The fourth-order valence-electron chi connectivity index (χ4n) is 2.16. The van der Waals surface area contributed by atoms with E-state index in [1.165, 1.54) is 18.9 Å². The lowest BCUT2D eigenvalue weighted by Gasteiger charge is -2.17. The van der Waals surface area contributed by atoms with Crippen LogP contribution in [0.1, 0.15) is 65.9 Å². The number of ketones is 1. The molecule has 0 radical (unpaired) electrons. The molecule has 0 aromatic heterocycles. The van der Waals surface area contributed by atoms with Gasteiger partial charge in [-0.15, -0.1) is 0 Å². The molecular formula is C20H33NO2. The van der Waals surface area contributed by atoms with Crippen LogP contribution in [-0.2, 0) is 16.0 Å². The van der Waals surface area contributed by atoms with Gasteiger partial charge in [0.25, 0.3) is 0 Å². The molecule has 0 aliphatic heterocycles. The first kappa shape index (κ1) is 21.4. The van der Waals surface area contributed by atoms with E-state index in [0.717, 1.165) is 12.8 Å². The van der Waals surface area contributed by atoms with Gasteiger partial charge < -0.3 is 5.32 Å². The maximum absolute atomic E-state index is 11.9. The fourth-order valence-corrected chi connectivity index (χ4v) is 2.16. The summed E-state index contributed by atoms with van der Waals surface area (Å²) < 4.78 is 0. The molecule has 1 atom stereocenters. The van der Waals surface area contributed by atoms with Crippen molar-refractivity contribution in [3.63, 3.8) is 0 Å². The average Bonchev–Trinajstić information content (AvgIpc) is 2.48. The summed E-state index contributed by atoms with van der Waals surface area (Å²) in [7, 11) is 0. The number of benzene rings is 1. The molecule has 1 aromatic rings. The summed E-state index contributed by atoms with van der Waals surface area (Å²) in [5.74, 6) is 0.408. The van der Waals surface area contributed by atoms with Gasteiger partial charge in [-0.1, -0.05) is 64.4 Å².